The molecule has 1 atom stereocenters. The molecular formula is C13H21N3. The molecule has 88 valence electrons. The topological polar surface area (TPSA) is 29.9 Å². The van der Waals surface area contributed by atoms with Crippen LogP contribution in [-0.4, -0.2) is 22.6 Å². The lowest BCUT2D eigenvalue weighted by Gasteiger charge is -2.18. The molecule has 1 aromatic rings. The molecule has 16 heavy (non-hydrogen) atoms. The van der Waals surface area contributed by atoms with E-state index in [1.165, 1.54) is 32.2 Å². The minimum Gasteiger partial charge on any atom is -0.337 e. The molecule has 0 spiro atoms. The van der Waals surface area contributed by atoms with Crippen LogP contribution in [0.4, 0.5) is 0 Å². The van der Waals surface area contributed by atoms with Crippen molar-refractivity contribution in [3.8, 4) is 0 Å². The summed E-state index contributed by atoms with van der Waals surface area (Å²) in [5, 5.41) is 3.55. The summed E-state index contributed by atoms with van der Waals surface area (Å²) in [5.41, 5.74) is 0. The van der Waals surface area contributed by atoms with Crippen LogP contribution in [-0.2, 0) is 6.54 Å². The highest BCUT2D eigenvalue weighted by atomic mass is 15.0. The van der Waals surface area contributed by atoms with Crippen molar-refractivity contribution in [3.05, 3.63) is 30.9 Å². The molecule has 0 unspecified atom stereocenters. The number of hydrogen-bond donors (Lipinski definition) is 1. The molecule has 1 aliphatic rings. The highest BCUT2D eigenvalue weighted by Crippen LogP contribution is 2.16. The predicted molar refractivity (Wildman–Crippen MR) is 66.2 cm³/mol. The standard InChI is InChI=1S/C13H21N3/c1-2-5-13(6-3-1)11-14-7-4-9-16-10-8-15-12-16/h1-2,8,10,12-14H,3-7,9,11H2/t13-/m1/s1. The fourth-order valence-corrected chi connectivity index (χ4v) is 2.15. The summed E-state index contributed by atoms with van der Waals surface area (Å²) < 4.78 is 2.13. The third-order valence-corrected chi connectivity index (χ3v) is 3.14. The van der Waals surface area contributed by atoms with Gasteiger partial charge in [0.05, 0.1) is 6.33 Å². The van der Waals surface area contributed by atoms with E-state index < -0.39 is 0 Å². The predicted octanol–water partition coefficient (Wildman–Crippen LogP) is 2.22. The van der Waals surface area contributed by atoms with Gasteiger partial charge in [0.25, 0.3) is 0 Å². The van der Waals surface area contributed by atoms with E-state index in [1.54, 1.807) is 0 Å². The molecule has 1 aromatic heterocycles. The number of aryl methyl sites for hydroxylation is 1. The molecule has 0 aliphatic heterocycles. The Bertz CT molecular complexity index is 303. The van der Waals surface area contributed by atoms with Crippen molar-refractivity contribution in [2.24, 2.45) is 5.92 Å². The van der Waals surface area contributed by atoms with E-state index in [0.29, 0.717) is 0 Å². The van der Waals surface area contributed by atoms with Gasteiger partial charge in [-0.2, -0.15) is 0 Å². The Balaban J connectivity index is 1.50. The number of nitrogens with zero attached hydrogens (tertiary/aromatic N) is 2. The maximum absolute atomic E-state index is 4.03. The van der Waals surface area contributed by atoms with Gasteiger partial charge in [-0.05, 0) is 44.7 Å². The summed E-state index contributed by atoms with van der Waals surface area (Å²) in [4.78, 5) is 4.03. The van der Waals surface area contributed by atoms with Gasteiger partial charge in [-0.15, -0.1) is 0 Å². The highest BCUT2D eigenvalue weighted by Gasteiger charge is 2.08. The second kappa shape index (κ2) is 6.48. The van der Waals surface area contributed by atoms with Crippen LogP contribution in [0.3, 0.4) is 0 Å². The number of aromatic nitrogens is 2. The number of rotatable bonds is 6. The van der Waals surface area contributed by atoms with Crippen molar-refractivity contribution in [1.82, 2.24) is 14.9 Å². The Kier molecular flexibility index (Phi) is 4.62. The molecule has 3 nitrogen and oxygen atoms in total. The van der Waals surface area contributed by atoms with Crippen LogP contribution in [0.5, 0.6) is 0 Å². The molecule has 0 bridgehead atoms. The van der Waals surface area contributed by atoms with Gasteiger partial charge in [-0.1, -0.05) is 12.2 Å². The molecule has 0 aromatic carbocycles. The minimum atomic E-state index is 0.859. The summed E-state index contributed by atoms with van der Waals surface area (Å²) in [6.45, 7) is 3.35. The zero-order valence-corrected chi connectivity index (χ0v) is 9.81. The van der Waals surface area contributed by atoms with E-state index in [9.17, 15) is 0 Å². The molecule has 0 radical (unpaired) electrons. The normalized spacial score (nSPS) is 20.1. The summed E-state index contributed by atoms with van der Waals surface area (Å²) in [5.74, 6) is 0.859. The van der Waals surface area contributed by atoms with Crippen molar-refractivity contribution in [2.45, 2.75) is 32.2 Å². The molecular weight excluding hydrogens is 198 g/mol. The van der Waals surface area contributed by atoms with Gasteiger partial charge in [0.2, 0.25) is 0 Å². The van der Waals surface area contributed by atoms with E-state index in [2.05, 4.69) is 27.0 Å². The van der Waals surface area contributed by atoms with Gasteiger partial charge in [-0.3, -0.25) is 0 Å². The van der Waals surface area contributed by atoms with Gasteiger partial charge >= 0.3 is 0 Å². The lowest BCUT2D eigenvalue weighted by Crippen LogP contribution is -2.25. The summed E-state index contributed by atoms with van der Waals surface area (Å²) in [7, 11) is 0. The summed E-state index contributed by atoms with van der Waals surface area (Å²) in [6.07, 6.45) is 15.4. The monoisotopic (exact) mass is 219 g/mol. The van der Waals surface area contributed by atoms with Crippen molar-refractivity contribution in [1.29, 1.82) is 0 Å². The number of nitrogens with one attached hydrogen (secondary N) is 1. The van der Waals surface area contributed by atoms with Crippen molar-refractivity contribution in [2.75, 3.05) is 13.1 Å². The first-order valence-corrected chi connectivity index (χ1v) is 6.26. The Hall–Kier alpha value is -1.09. The zero-order valence-electron chi connectivity index (χ0n) is 9.81. The Morgan fingerprint density at radius 3 is 3.12 bits per heavy atom. The average Bonchev–Trinajstić information content (AvgIpc) is 2.83. The molecule has 1 heterocycles. The van der Waals surface area contributed by atoms with Crippen LogP contribution in [0.2, 0.25) is 0 Å². The molecule has 0 saturated heterocycles. The Morgan fingerprint density at radius 2 is 2.38 bits per heavy atom. The van der Waals surface area contributed by atoms with Gasteiger partial charge in [-0.25, -0.2) is 4.98 Å². The molecule has 1 aliphatic carbocycles. The van der Waals surface area contributed by atoms with E-state index >= 15 is 0 Å². The van der Waals surface area contributed by atoms with E-state index in [4.69, 9.17) is 0 Å². The first kappa shape index (κ1) is 11.4. The third-order valence-electron chi connectivity index (χ3n) is 3.14. The second-order valence-corrected chi connectivity index (χ2v) is 4.51. The lowest BCUT2D eigenvalue weighted by molar-refractivity contribution is 0.434. The number of allylic oxidation sites excluding steroid dienone is 2. The number of imidazole rings is 1. The molecule has 0 saturated carbocycles. The molecule has 0 amide bonds. The lowest BCUT2D eigenvalue weighted by atomic mass is 9.94. The summed E-state index contributed by atoms with van der Waals surface area (Å²) >= 11 is 0. The van der Waals surface area contributed by atoms with Crippen LogP contribution >= 0.6 is 0 Å². The SMILES string of the molecule is C1=CC[C@@H](CNCCCn2ccnc2)CC1. The van der Waals surface area contributed by atoms with Gasteiger partial charge in [0.15, 0.2) is 0 Å². The fraction of sp³-hybridized carbons (Fsp3) is 0.615. The first-order chi connectivity index (χ1) is 7.95. The minimum absolute atomic E-state index is 0.859. The van der Waals surface area contributed by atoms with Gasteiger partial charge < -0.3 is 9.88 Å². The van der Waals surface area contributed by atoms with Crippen LogP contribution in [0.15, 0.2) is 30.9 Å². The van der Waals surface area contributed by atoms with E-state index in [0.717, 1.165) is 19.0 Å². The Labute approximate surface area is 97.6 Å². The summed E-state index contributed by atoms with van der Waals surface area (Å²) in [6, 6.07) is 0. The fourth-order valence-electron chi connectivity index (χ4n) is 2.15. The molecule has 3 heteroatoms. The van der Waals surface area contributed by atoms with Crippen LogP contribution in [0.1, 0.15) is 25.7 Å². The molecule has 1 N–H and O–H groups in total. The molecule has 2 rings (SSSR count). The van der Waals surface area contributed by atoms with Crippen LogP contribution in [0.25, 0.3) is 0 Å². The van der Waals surface area contributed by atoms with Crippen molar-refractivity contribution >= 4 is 0 Å². The smallest absolute Gasteiger partial charge is 0.0945 e. The largest absolute Gasteiger partial charge is 0.337 e. The first-order valence-electron chi connectivity index (χ1n) is 6.26. The Morgan fingerprint density at radius 1 is 1.38 bits per heavy atom. The van der Waals surface area contributed by atoms with Crippen molar-refractivity contribution in [3.63, 3.8) is 0 Å². The maximum atomic E-state index is 4.03. The zero-order chi connectivity index (χ0) is 11.1. The van der Waals surface area contributed by atoms with Crippen LogP contribution < -0.4 is 5.32 Å². The maximum Gasteiger partial charge on any atom is 0.0945 e. The quantitative estimate of drug-likeness (QED) is 0.587. The van der Waals surface area contributed by atoms with Crippen molar-refractivity contribution < 1.29 is 0 Å². The van der Waals surface area contributed by atoms with Gasteiger partial charge in [0, 0.05) is 18.9 Å². The molecule has 0 fully saturated rings. The van der Waals surface area contributed by atoms with Crippen LogP contribution in [0, 0.1) is 5.92 Å². The third kappa shape index (κ3) is 3.81. The van der Waals surface area contributed by atoms with Gasteiger partial charge in [0.1, 0.15) is 0 Å². The average molecular weight is 219 g/mol. The second-order valence-electron chi connectivity index (χ2n) is 4.51. The van der Waals surface area contributed by atoms with E-state index in [1.807, 2.05) is 18.7 Å². The number of hydrogen-bond acceptors (Lipinski definition) is 2. The van der Waals surface area contributed by atoms with E-state index in [-0.39, 0.29) is 0 Å². The highest BCUT2D eigenvalue weighted by molar-refractivity contribution is 4.90.